The molecule has 2 amide bonds. The fraction of sp³-hybridized carbons (Fsp3) is 0.615. The fourth-order valence-electron chi connectivity index (χ4n) is 2.30. The molecule has 104 valence electrons. The predicted molar refractivity (Wildman–Crippen MR) is 70.7 cm³/mol. The molecule has 0 bridgehead atoms. The maximum absolute atomic E-state index is 12.4. The van der Waals surface area contributed by atoms with Crippen molar-refractivity contribution in [1.82, 2.24) is 14.7 Å². The summed E-state index contributed by atoms with van der Waals surface area (Å²) in [5, 5.41) is 4.02. The highest BCUT2D eigenvalue weighted by molar-refractivity contribution is 6.05. The number of carbonyl (C=O) groups excluding carboxylic acids is 2. The van der Waals surface area contributed by atoms with Crippen molar-refractivity contribution in [2.75, 3.05) is 5.73 Å². The molecule has 6 nitrogen and oxygen atoms in total. The normalized spacial score (nSPS) is 23.7. The van der Waals surface area contributed by atoms with Gasteiger partial charge in [0, 0.05) is 19.0 Å². The molecule has 1 aromatic heterocycles. The summed E-state index contributed by atoms with van der Waals surface area (Å²) >= 11 is 0. The highest BCUT2D eigenvalue weighted by Gasteiger charge is 2.49. The summed E-state index contributed by atoms with van der Waals surface area (Å²) in [4.78, 5) is 25.8. The van der Waals surface area contributed by atoms with E-state index in [-0.39, 0.29) is 30.7 Å². The van der Waals surface area contributed by atoms with Crippen LogP contribution in [0.3, 0.4) is 0 Å². The van der Waals surface area contributed by atoms with Crippen LogP contribution in [0.2, 0.25) is 0 Å². The van der Waals surface area contributed by atoms with Gasteiger partial charge in [-0.05, 0) is 12.8 Å². The van der Waals surface area contributed by atoms with Crippen LogP contribution in [0, 0.1) is 11.3 Å². The molecule has 1 saturated heterocycles. The fourth-order valence-corrected chi connectivity index (χ4v) is 2.30. The lowest BCUT2D eigenvalue weighted by Gasteiger charge is -2.25. The summed E-state index contributed by atoms with van der Waals surface area (Å²) in [7, 11) is 1.73. The standard InChI is InChI=1S/C13H20N4O2/c1-8(2)13(3)5-10(18)17(12(13)19)7-9-6-15-16(4)11(9)14/h6,8H,5,7,14H2,1-4H3. The Labute approximate surface area is 112 Å². The average Bonchev–Trinajstić information content (AvgIpc) is 2.75. The third-order valence-corrected chi connectivity index (χ3v) is 4.22. The summed E-state index contributed by atoms with van der Waals surface area (Å²) in [6, 6.07) is 0. The summed E-state index contributed by atoms with van der Waals surface area (Å²) in [6.07, 6.45) is 1.87. The van der Waals surface area contributed by atoms with Crippen LogP contribution < -0.4 is 5.73 Å². The van der Waals surface area contributed by atoms with E-state index in [0.717, 1.165) is 0 Å². The molecule has 1 unspecified atom stereocenters. The largest absolute Gasteiger partial charge is 0.384 e. The van der Waals surface area contributed by atoms with Gasteiger partial charge in [-0.1, -0.05) is 13.8 Å². The van der Waals surface area contributed by atoms with Crippen molar-refractivity contribution >= 4 is 17.6 Å². The van der Waals surface area contributed by atoms with Crippen molar-refractivity contribution in [3.63, 3.8) is 0 Å². The molecule has 0 spiro atoms. The van der Waals surface area contributed by atoms with Gasteiger partial charge in [-0.3, -0.25) is 19.2 Å². The first-order chi connectivity index (χ1) is 8.77. The smallest absolute Gasteiger partial charge is 0.236 e. The number of amides is 2. The van der Waals surface area contributed by atoms with Gasteiger partial charge in [-0.2, -0.15) is 5.10 Å². The van der Waals surface area contributed by atoms with Gasteiger partial charge < -0.3 is 5.73 Å². The molecule has 1 aliphatic heterocycles. The van der Waals surface area contributed by atoms with Crippen LogP contribution in [-0.4, -0.2) is 26.5 Å². The summed E-state index contributed by atoms with van der Waals surface area (Å²) in [6.45, 7) is 5.99. The number of carbonyl (C=O) groups is 2. The zero-order valence-electron chi connectivity index (χ0n) is 11.8. The molecule has 1 fully saturated rings. The molecular weight excluding hydrogens is 244 g/mol. The Balaban J connectivity index is 2.25. The van der Waals surface area contributed by atoms with Gasteiger partial charge in [0.15, 0.2) is 0 Å². The lowest BCUT2D eigenvalue weighted by molar-refractivity contribution is -0.142. The lowest BCUT2D eigenvalue weighted by atomic mass is 9.78. The van der Waals surface area contributed by atoms with E-state index in [4.69, 9.17) is 5.73 Å². The molecule has 19 heavy (non-hydrogen) atoms. The van der Waals surface area contributed by atoms with Crippen LogP contribution >= 0.6 is 0 Å². The van der Waals surface area contributed by atoms with Gasteiger partial charge in [-0.15, -0.1) is 0 Å². The molecule has 0 radical (unpaired) electrons. The Morgan fingerprint density at radius 1 is 1.47 bits per heavy atom. The van der Waals surface area contributed by atoms with Crippen LogP contribution in [0.1, 0.15) is 32.8 Å². The molecule has 0 aromatic carbocycles. The average molecular weight is 264 g/mol. The summed E-state index contributed by atoms with van der Waals surface area (Å²) < 4.78 is 1.53. The predicted octanol–water partition coefficient (Wildman–Crippen LogP) is 0.923. The number of hydrogen-bond acceptors (Lipinski definition) is 4. The molecular formula is C13H20N4O2. The molecule has 0 saturated carbocycles. The van der Waals surface area contributed by atoms with E-state index >= 15 is 0 Å². The number of rotatable bonds is 3. The van der Waals surface area contributed by atoms with Crippen LogP contribution in [0.5, 0.6) is 0 Å². The number of nitrogen functional groups attached to an aromatic ring is 1. The van der Waals surface area contributed by atoms with Crippen molar-refractivity contribution in [3.05, 3.63) is 11.8 Å². The number of nitrogens with zero attached hydrogens (tertiary/aromatic N) is 3. The van der Waals surface area contributed by atoms with Gasteiger partial charge in [0.1, 0.15) is 5.82 Å². The summed E-state index contributed by atoms with van der Waals surface area (Å²) in [5.41, 5.74) is 5.95. The monoisotopic (exact) mass is 264 g/mol. The maximum Gasteiger partial charge on any atom is 0.236 e. The lowest BCUT2D eigenvalue weighted by Crippen LogP contribution is -2.36. The van der Waals surface area contributed by atoms with E-state index in [9.17, 15) is 9.59 Å². The SMILES string of the molecule is CC(C)C1(C)CC(=O)N(Cc2cnn(C)c2N)C1=O. The molecule has 6 heteroatoms. The molecule has 2 N–H and O–H groups in total. The molecule has 1 atom stereocenters. The second-order valence-corrected chi connectivity index (χ2v) is 5.71. The Bertz CT molecular complexity index is 535. The zero-order chi connectivity index (χ0) is 14.4. The zero-order valence-corrected chi connectivity index (χ0v) is 11.8. The Morgan fingerprint density at radius 3 is 2.53 bits per heavy atom. The molecule has 0 aliphatic carbocycles. The summed E-state index contributed by atoms with van der Waals surface area (Å²) in [5.74, 6) is 0.360. The van der Waals surface area contributed by atoms with E-state index in [2.05, 4.69) is 5.10 Å². The second kappa shape index (κ2) is 4.36. The van der Waals surface area contributed by atoms with Crippen molar-refractivity contribution in [1.29, 1.82) is 0 Å². The van der Waals surface area contributed by atoms with E-state index in [1.807, 2.05) is 20.8 Å². The van der Waals surface area contributed by atoms with Crippen molar-refractivity contribution in [3.8, 4) is 0 Å². The third kappa shape index (κ3) is 2.01. The Kier molecular flexibility index (Phi) is 3.12. The quantitative estimate of drug-likeness (QED) is 0.823. The third-order valence-electron chi connectivity index (χ3n) is 4.22. The van der Waals surface area contributed by atoms with Gasteiger partial charge in [0.2, 0.25) is 11.8 Å². The minimum Gasteiger partial charge on any atom is -0.384 e. The first-order valence-electron chi connectivity index (χ1n) is 6.38. The topological polar surface area (TPSA) is 81.2 Å². The van der Waals surface area contributed by atoms with Crippen LogP contribution in [-0.2, 0) is 23.2 Å². The highest BCUT2D eigenvalue weighted by atomic mass is 16.2. The van der Waals surface area contributed by atoms with Gasteiger partial charge >= 0.3 is 0 Å². The maximum atomic E-state index is 12.4. The Morgan fingerprint density at radius 2 is 2.11 bits per heavy atom. The second-order valence-electron chi connectivity index (χ2n) is 5.71. The highest BCUT2D eigenvalue weighted by Crippen LogP contribution is 2.39. The minimum atomic E-state index is -0.603. The molecule has 2 rings (SSSR count). The van der Waals surface area contributed by atoms with E-state index < -0.39 is 5.41 Å². The number of anilines is 1. The Hall–Kier alpha value is -1.85. The van der Waals surface area contributed by atoms with Crippen molar-refractivity contribution < 1.29 is 9.59 Å². The van der Waals surface area contributed by atoms with E-state index in [1.165, 1.54) is 9.58 Å². The molecule has 1 aromatic rings. The number of aryl methyl sites for hydroxylation is 1. The molecule has 2 heterocycles. The van der Waals surface area contributed by atoms with Crippen LogP contribution in [0.4, 0.5) is 5.82 Å². The number of aromatic nitrogens is 2. The minimum absolute atomic E-state index is 0.115. The van der Waals surface area contributed by atoms with Gasteiger partial charge in [0.25, 0.3) is 0 Å². The van der Waals surface area contributed by atoms with Gasteiger partial charge in [0.05, 0.1) is 18.2 Å². The number of likely N-dealkylation sites (tertiary alicyclic amines) is 1. The first kappa shape index (κ1) is 13.6. The van der Waals surface area contributed by atoms with Crippen LogP contribution in [0.25, 0.3) is 0 Å². The van der Waals surface area contributed by atoms with E-state index in [0.29, 0.717) is 11.4 Å². The van der Waals surface area contributed by atoms with Crippen LogP contribution in [0.15, 0.2) is 6.20 Å². The number of imide groups is 1. The molecule has 1 aliphatic rings. The first-order valence-corrected chi connectivity index (χ1v) is 6.38. The number of nitrogens with two attached hydrogens (primary N) is 1. The van der Waals surface area contributed by atoms with Gasteiger partial charge in [-0.25, -0.2) is 0 Å². The van der Waals surface area contributed by atoms with Crippen molar-refractivity contribution in [2.24, 2.45) is 18.4 Å². The number of hydrogen-bond donors (Lipinski definition) is 1. The van der Waals surface area contributed by atoms with E-state index in [1.54, 1.807) is 13.2 Å². The van der Waals surface area contributed by atoms with Crippen molar-refractivity contribution in [2.45, 2.75) is 33.7 Å².